The van der Waals surface area contributed by atoms with E-state index in [2.05, 4.69) is 15.3 Å². The van der Waals surface area contributed by atoms with Gasteiger partial charge in [0.25, 0.3) is 5.91 Å². The summed E-state index contributed by atoms with van der Waals surface area (Å²) < 4.78 is 0. The minimum Gasteiger partial charge on any atom is -0.381 e. The van der Waals surface area contributed by atoms with Crippen molar-refractivity contribution >= 4 is 28.2 Å². The lowest BCUT2D eigenvalue weighted by molar-refractivity contribution is -0.148. The maximum absolute atomic E-state index is 12.5. The minimum atomic E-state index is -1.37. The molecule has 25 heavy (non-hydrogen) atoms. The Morgan fingerprint density at radius 2 is 2.12 bits per heavy atom. The molecule has 3 heterocycles. The Kier molecular flexibility index (Phi) is 4.79. The number of hydrogen-bond donors (Lipinski definition) is 2. The van der Waals surface area contributed by atoms with Crippen molar-refractivity contribution in [1.82, 2.24) is 14.9 Å². The molecule has 0 unspecified atom stereocenters. The number of nitrogens with zero attached hydrogens (tertiary/aromatic N) is 3. The number of hydrogen-bond acceptors (Lipinski definition) is 6. The number of nitrogens with one attached hydrogen (secondary N) is 1. The van der Waals surface area contributed by atoms with Crippen molar-refractivity contribution in [3.63, 3.8) is 0 Å². The maximum Gasteiger partial charge on any atom is 0.254 e. The zero-order valence-electron chi connectivity index (χ0n) is 15.0. The number of aryl methyl sites for hydroxylation is 2. The smallest absolute Gasteiger partial charge is 0.254 e. The van der Waals surface area contributed by atoms with Gasteiger partial charge < -0.3 is 15.3 Å². The minimum absolute atomic E-state index is 0.0968. The van der Waals surface area contributed by atoms with Crippen LogP contribution in [0.2, 0.25) is 0 Å². The lowest BCUT2D eigenvalue weighted by Gasteiger charge is -2.29. The Morgan fingerprint density at radius 3 is 2.76 bits per heavy atom. The molecule has 6 nitrogen and oxygen atoms in total. The number of carbonyl (C=O) groups is 1. The number of aromatic nitrogens is 2. The fourth-order valence-electron chi connectivity index (χ4n) is 3.01. The van der Waals surface area contributed by atoms with Gasteiger partial charge in [-0.2, -0.15) is 0 Å². The molecule has 0 radical (unpaired) electrons. The van der Waals surface area contributed by atoms with Crippen LogP contribution in [0.15, 0.2) is 18.2 Å². The van der Waals surface area contributed by atoms with Crippen LogP contribution in [0, 0.1) is 13.8 Å². The van der Waals surface area contributed by atoms with Gasteiger partial charge in [-0.15, -0.1) is 11.3 Å². The zero-order chi connectivity index (χ0) is 18.2. The Morgan fingerprint density at radius 1 is 1.36 bits per heavy atom. The number of likely N-dealkylation sites (tertiary alicyclic amines) is 1. The Bertz CT molecular complexity index is 762. The molecule has 3 rings (SSSR count). The molecule has 0 aromatic carbocycles. The third-order valence-corrected chi connectivity index (χ3v) is 5.40. The van der Waals surface area contributed by atoms with Gasteiger partial charge in [-0.3, -0.25) is 4.79 Å². The van der Waals surface area contributed by atoms with E-state index in [0.29, 0.717) is 12.4 Å². The maximum atomic E-state index is 12.5. The molecular formula is C18H24N4O2S. The topological polar surface area (TPSA) is 78.4 Å². The lowest BCUT2D eigenvalue weighted by atomic mass is 10.1. The molecule has 1 fully saturated rings. The molecule has 1 saturated heterocycles. The number of rotatable bonds is 4. The highest BCUT2D eigenvalue weighted by Crippen LogP contribution is 2.33. The van der Waals surface area contributed by atoms with Crippen LogP contribution in [-0.4, -0.2) is 38.0 Å². The quantitative estimate of drug-likeness (QED) is 0.874. The summed E-state index contributed by atoms with van der Waals surface area (Å²) in [6, 6.07) is 5.67. The van der Waals surface area contributed by atoms with E-state index in [-0.39, 0.29) is 11.9 Å². The number of pyridine rings is 1. The molecular weight excluding hydrogens is 336 g/mol. The summed E-state index contributed by atoms with van der Waals surface area (Å²) >= 11 is 1.60. The fourth-order valence-corrected chi connectivity index (χ4v) is 3.83. The SMILES string of the molecule is Cc1nc(Nc2cccc([C@H]3CCCN3C(=O)C(C)(C)O)n2)sc1C. The summed E-state index contributed by atoms with van der Waals surface area (Å²) in [5, 5.41) is 14.1. The molecule has 2 N–H and O–H groups in total. The second-order valence-corrected chi connectivity index (χ2v) is 8.15. The van der Waals surface area contributed by atoms with Gasteiger partial charge in [0.2, 0.25) is 0 Å². The van der Waals surface area contributed by atoms with E-state index in [0.717, 1.165) is 29.4 Å². The van der Waals surface area contributed by atoms with Crippen molar-refractivity contribution in [3.05, 3.63) is 34.5 Å². The largest absolute Gasteiger partial charge is 0.381 e. The van der Waals surface area contributed by atoms with Crippen LogP contribution in [0.1, 0.15) is 49.0 Å². The van der Waals surface area contributed by atoms with Gasteiger partial charge in [0.05, 0.1) is 17.4 Å². The fraction of sp³-hybridized carbons (Fsp3) is 0.500. The Labute approximate surface area is 151 Å². The van der Waals surface area contributed by atoms with Crippen molar-refractivity contribution in [3.8, 4) is 0 Å². The third-order valence-electron chi connectivity index (χ3n) is 4.41. The monoisotopic (exact) mass is 360 g/mol. The van der Waals surface area contributed by atoms with Crippen LogP contribution in [0.4, 0.5) is 10.9 Å². The number of anilines is 2. The molecule has 1 aliphatic rings. The van der Waals surface area contributed by atoms with Crippen molar-refractivity contribution in [2.75, 3.05) is 11.9 Å². The summed E-state index contributed by atoms with van der Waals surface area (Å²) in [5.41, 5.74) is 0.487. The van der Waals surface area contributed by atoms with Gasteiger partial charge in [-0.1, -0.05) is 6.07 Å². The van der Waals surface area contributed by atoms with E-state index in [1.54, 1.807) is 16.2 Å². The molecule has 1 atom stereocenters. The molecule has 0 bridgehead atoms. The van der Waals surface area contributed by atoms with Crippen LogP contribution < -0.4 is 5.32 Å². The van der Waals surface area contributed by atoms with Crippen molar-refractivity contribution in [1.29, 1.82) is 0 Å². The van der Waals surface area contributed by atoms with Gasteiger partial charge in [0.15, 0.2) is 5.13 Å². The van der Waals surface area contributed by atoms with Crippen LogP contribution in [-0.2, 0) is 4.79 Å². The number of thiazole rings is 1. The normalized spacial score (nSPS) is 17.8. The van der Waals surface area contributed by atoms with Gasteiger partial charge in [0, 0.05) is 11.4 Å². The number of aliphatic hydroxyl groups is 1. The third kappa shape index (κ3) is 3.82. The van der Waals surface area contributed by atoms with E-state index < -0.39 is 5.60 Å². The second-order valence-electron chi connectivity index (χ2n) is 6.95. The highest BCUT2D eigenvalue weighted by Gasteiger charge is 2.37. The van der Waals surface area contributed by atoms with Crippen LogP contribution in [0.5, 0.6) is 0 Å². The van der Waals surface area contributed by atoms with E-state index in [4.69, 9.17) is 0 Å². The van der Waals surface area contributed by atoms with Gasteiger partial charge in [-0.25, -0.2) is 9.97 Å². The molecule has 2 aromatic rings. The van der Waals surface area contributed by atoms with Crippen molar-refractivity contribution in [2.45, 2.75) is 52.2 Å². The summed E-state index contributed by atoms with van der Waals surface area (Å²) in [4.78, 5) is 24.6. The predicted molar refractivity (Wildman–Crippen MR) is 99.1 cm³/mol. The highest BCUT2D eigenvalue weighted by molar-refractivity contribution is 7.15. The number of carbonyl (C=O) groups excluding carboxylic acids is 1. The molecule has 7 heteroatoms. The first kappa shape index (κ1) is 17.8. The number of amides is 1. The molecule has 134 valence electrons. The average molecular weight is 360 g/mol. The van der Waals surface area contributed by atoms with E-state index >= 15 is 0 Å². The molecule has 2 aromatic heterocycles. The average Bonchev–Trinajstić information content (AvgIpc) is 3.13. The molecule has 0 aliphatic carbocycles. The van der Waals surface area contributed by atoms with E-state index in [9.17, 15) is 9.90 Å². The van der Waals surface area contributed by atoms with Crippen LogP contribution >= 0.6 is 11.3 Å². The molecule has 0 saturated carbocycles. The van der Waals surface area contributed by atoms with Crippen molar-refractivity contribution in [2.24, 2.45) is 0 Å². The van der Waals surface area contributed by atoms with Crippen LogP contribution in [0.25, 0.3) is 0 Å². The lowest BCUT2D eigenvalue weighted by Crippen LogP contribution is -2.44. The summed E-state index contributed by atoms with van der Waals surface area (Å²) in [6.07, 6.45) is 1.77. The van der Waals surface area contributed by atoms with Gasteiger partial charge in [-0.05, 0) is 52.7 Å². The van der Waals surface area contributed by atoms with Crippen LogP contribution in [0.3, 0.4) is 0 Å². The van der Waals surface area contributed by atoms with Crippen molar-refractivity contribution < 1.29 is 9.90 Å². The molecule has 1 amide bonds. The Hall–Kier alpha value is -1.99. The van der Waals surface area contributed by atoms with E-state index in [1.165, 1.54) is 18.7 Å². The first-order valence-electron chi connectivity index (χ1n) is 8.47. The van der Waals surface area contributed by atoms with Gasteiger partial charge in [0.1, 0.15) is 11.4 Å². The first-order chi connectivity index (χ1) is 11.8. The first-order valence-corrected chi connectivity index (χ1v) is 9.29. The summed E-state index contributed by atoms with van der Waals surface area (Å²) in [7, 11) is 0. The second kappa shape index (κ2) is 6.72. The zero-order valence-corrected chi connectivity index (χ0v) is 15.9. The standard InChI is InChI=1S/C18H24N4O2S/c1-11-12(2)25-17(19-11)21-15-9-5-7-13(20-15)14-8-6-10-22(14)16(23)18(3,4)24/h5,7,9,14,24H,6,8,10H2,1-4H3,(H,19,20,21)/t14-/m1/s1. The van der Waals surface area contributed by atoms with Gasteiger partial charge >= 0.3 is 0 Å². The highest BCUT2D eigenvalue weighted by atomic mass is 32.1. The summed E-state index contributed by atoms with van der Waals surface area (Å²) in [6.45, 7) is 7.74. The predicted octanol–water partition coefficient (Wildman–Crippen LogP) is 3.33. The molecule has 1 aliphatic heterocycles. The summed E-state index contributed by atoms with van der Waals surface area (Å²) in [5.74, 6) is 0.468. The Balaban J connectivity index is 1.82. The molecule has 0 spiro atoms. The van der Waals surface area contributed by atoms with E-state index in [1.807, 2.05) is 32.0 Å².